The van der Waals surface area contributed by atoms with Crippen LogP contribution in [0.15, 0.2) is 36.4 Å². The number of carbonyl (C=O) groups excluding carboxylic acids is 1. The van der Waals surface area contributed by atoms with Gasteiger partial charge in [0.15, 0.2) is 0 Å². The van der Waals surface area contributed by atoms with Crippen LogP contribution in [0.3, 0.4) is 0 Å². The van der Waals surface area contributed by atoms with Crippen molar-refractivity contribution in [2.45, 2.75) is 0 Å². The maximum atomic E-state index is 11.3. The molecule has 3 nitrogen and oxygen atoms in total. The molecule has 1 aliphatic heterocycles. The van der Waals surface area contributed by atoms with Crippen molar-refractivity contribution in [1.29, 1.82) is 0 Å². The van der Waals surface area contributed by atoms with Crippen molar-refractivity contribution in [3.63, 3.8) is 0 Å². The molecular weight excluding hydrogens is 178 g/mol. The van der Waals surface area contributed by atoms with E-state index in [0.29, 0.717) is 6.54 Å². The minimum atomic E-state index is 0.0372. The quantitative estimate of drug-likeness (QED) is 0.707. The Kier molecular flexibility index (Phi) is 2.23. The summed E-state index contributed by atoms with van der Waals surface area (Å²) in [6, 6.07) is 7.45. The van der Waals surface area contributed by atoms with E-state index in [1.54, 1.807) is 18.1 Å². The van der Waals surface area contributed by atoms with Gasteiger partial charge < -0.3 is 9.64 Å². The van der Waals surface area contributed by atoms with Gasteiger partial charge in [-0.1, -0.05) is 6.08 Å². The van der Waals surface area contributed by atoms with Crippen LogP contribution in [0.4, 0.5) is 5.69 Å². The zero-order valence-electron chi connectivity index (χ0n) is 7.93. The Labute approximate surface area is 82.6 Å². The summed E-state index contributed by atoms with van der Waals surface area (Å²) in [6.45, 7) is 0.658. The lowest BCUT2D eigenvalue weighted by Gasteiger charge is -2.15. The molecule has 0 unspecified atom stereocenters. The molecule has 14 heavy (non-hydrogen) atoms. The number of anilines is 1. The summed E-state index contributed by atoms with van der Waals surface area (Å²) in [7, 11) is 1.62. The number of amides is 1. The molecule has 2 rings (SSSR count). The number of rotatable bonds is 2. The van der Waals surface area contributed by atoms with Crippen molar-refractivity contribution in [2.24, 2.45) is 0 Å². The molecule has 1 amide bonds. The van der Waals surface area contributed by atoms with Crippen LogP contribution >= 0.6 is 0 Å². The van der Waals surface area contributed by atoms with Crippen LogP contribution in [0.5, 0.6) is 5.75 Å². The van der Waals surface area contributed by atoms with Crippen molar-refractivity contribution >= 4 is 11.6 Å². The van der Waals surface area contributed by atoms with Gasteiger partial charge in [-0.05, 0) is 24.3 Å². The van der Waals surface area contributed by atoms with Gasteiger partial charge in [0.05, 0.1) is 7.11 Å². The first-order valence-electron chi connectivity index (χ1n) is 4.43. The van der Waals surface area contributed by atoms with E-state index in [0.717, 1.165) is 11.4 Å². The van der Waals surface area contributed by atoms with Crippen molar-refractivity contribution in [3.05, 3.63) is 36.4 Å². The summed E-state index contributed by atoms with van der Waals surface area (Å²) in [5, 5.41) is 0. The lowest BCUT2D eigenvalue weighted by atomic mass is 10.3. The van der Waals surface area contributed by atoms with Crippen LogP contribution in [-0.2, 0) is 4.79 Å². The number of benzene rings is 1. The lowest BCUT2D eigenvalue weighted by molar-refractivity contribution is -0.113. The average molecular weight is 189 g/mol. The highest BCUT2D eigenvalue weighted by Gasteiger charge is 2.15. The molecule has 72 valence electrons. The molecule has 1 aromatic carbocycles. The Morgan fingerprint density at radius 3 is 2.50 bits per heavy atom. The van der Waals surface area contributed by atoms with E-state index in [4.69, 9.17) is 4.74 Å². The fraction of sp³-hybridized carbons (Fsp3) is 0.182. The molecular formula is C11H11NO2. The fourth-order valence-corrected chi connectivity index (χ4v) is 1.43. The molecule has 1 aliphatic rings. The summed E-state index contributed by atoms with van der Waals surface area (Å²) in [5.41, 5.74) is 0.904. The molecule has 0 N–H and O–H groups in total. The third kappa shape index (κ3) is 1.48. The lowest BCUT2D eigenvalue weighted by Crippen LogP contribution is -2.24. The van der Waals surface area contributed by atoms with Crippen molar-refractivity contribution < 1.29 is 9.53 Å². The minimum Gasteiger partial charge on any atom is -0.497 e. The van der Waals surface area contributed by atoms with Gasteiger partial charge in [-0.2, -0.15) is 0 Å². The molecule has 1 aromatic rings. The van der Waals surface area contributed by atoms with Crippen LogP contribution in [0.2, 0.25) is 0 Å². The van der Waals surface area contributed by atoms with E-state index in [1.165, 1.54) is 0 Å². The van der Waals surface area contributed by atoms with E-state index in [9.17, 15) is 4.79 Å². The van der Waals surface area contributed by atoms with Crippen LogP contribution in [0.25, 0.3) is 0 Å². The van der Waals surface area contributed by atoms with Crippen LogP contribution in [-0.4, -0.2) is 19.6 Å². The maximum Gasteiger partial charge on any atom is 0.251 e. The second kappa shape index (κ2) is 3.54. The minimum absolute atomic E-state index is 0.0372. The second-order valence-corrected chi connectivity index (χ2v) is 3.05. The molecule has 0 bridgehead atoms. The second-order valence-electron chi connectivity index (χ2n) is 3.05. The molecule has 1 heterocycles. The zero-order valence-corrected chi connectivity index (χ0v) is 7.93. The molecule has 0 fully saturated rings. The molecule has 0 aliphatic carbocycles. The molecule has 0 saturated carbocycles. The molecule has 0 saturated heterocycles. The number of nitrogens with zero attached hydrogens (tertiary/aromatic N) is 1. The number of hydrogen-bond donors (Lipinski definition) is 0. The first kappa shape index (κ1) is 8.81. The topological polar surface area (TPSA) is 29.5 Å². The van der Waals surface area contributed by atoms with Gasteiger partial charge in [0, 0.05) is 18.3 Å². The van der Waals surface area contributed by atoms with Gasteiger partial charge in [0.1, 0.15) is 5.75 Å². The predicted octanol–water partition coefficient (Wildman–Crippen LogP) is 1.60. The van der Waals surface area contributed by atoms with Gasteiger partial charge in [-0.15, -0.1) is 0 Å². The van der Waals surface area contributed by atoms with Gasteiger partial charge in [-0.25, -0.2) is 0 Å². The van der Waals surface area contributed by atoms with Gasteiger partial charge in [0.2, 0.25) is 0 Å². The van der Waals surface area contributed by atoms with E-state index in [1.807, 2.05) is 30.3 Å². The van der Waals surface area contributed by atoms with Crippen LogP contribution < -0.4 is 9.64 Å². The molecule has 3 heteroatoms. The Bertz CT molecular complexity index is 367. The van der Waals surface area contributed by atoms with Crippen molar-refractivity contribution in [3.8, 4) is 5.75 Å². The van der Waals surface area contributed by atoms with Crippen molar-refractivity contribution in [2.75, 3.05) is 18.6 Å². The van der Waals surface area contributed by atoms with Gasteiger partial charge in [-0.3, -0.25) is 4.79 Å². The summed E-state index contributed by atoms with van der Waals surface area (Å²) in [4.78, 5) is 13.0. The third-order valence-corrected chi connectivity index (χ3v) is 2.20. The normalized spacial score (nSPS) is 14.9. The summed E-state index contributed by atoms with van der Waals surface area (Å²) >= 11 is 0. The number of methoxy groups -OCH3 is 1. The predicted molar refractivity (Wildman–Crippen MR) is 54.5 cm³/mol. The standard InChI is InChI=1S/C11H11NO2/c1-14-10-6-4-9(5-7-10)12-8-2-3-11(12)13/h2-7H,8H2,1H3. The number of carbonyl (C=O) groups is 1. The number of ether oxygens (including phenoxy) is 1. The summed E-state index contributed by atoms with van der Waals surface area (Å²) in [5.74, 6) is 0.837. The Hall–Kier alpha value is -1.77. The SMILES string of the molecule is COc1ccc(N2CC=CC2=O)cc1. The average Bonchev–Trinajstić information content (AvgIpc) is 2.65. The molecule has 0 aromatic heterocycles. The Morgan fingerprint density at radius 2 is 2.00 bits per heavy atom. The van der Waals surface area contributed by atoms with Crippen molar-refractivity contribution in [1.82, 2.24) is 0 Å². The highest BCUT2D eigenvalue weighted by Crippen LogP contribution is 2.21. The summed E-state index contributed by atoms with van der Waals surface area (Å²) in [6.07, 6.45) is 3.44. The van der Waals surface area contributed by atoms with Gasteiger partial charge in [0.25, 0.3) is 5.91 Å². The highest BCUT2D eigenvalue weighted by atomic mass is 16.5. The monoisotopic (exact) mass is 189 g/mol. The van der Waals surface area contributed by atoms with E-state index >= 15 is 0 Å². The molecule has 0 radical (unpaired) electrons. The van der Waals surface area contributed by atoms with E-state index in [-0.39, 0.29) is 5.91 Å². The molecule has 0 atom stereocenters. The van der Waals surface area contributed by atoms with Crippen LogP contribution in [0.1, 0.15) is 0 Å². The largest absolute Gasteiger partial charge is 0.497 e. The third-order valence-electron chi connectivity index (χ3n) is 2.20. The Morgan fingerprint density at radius 1 is 1.29 bits per heavy atom. The Balaban J connectivity index is 2.21. The zero-order chi connectivity index (χ0) is 9.97. The smallest absolute Gasteiger partial charge is 0.251 e. The van der Waals surface area contributed by atoms with Crippen LogP contribution in [0, 0.1) is 0 Å². The highest BCUT2D eigenvalue weighted by molar-refractivity contribution is 6.04. The van der Waals surface area contributed by atoms with Gasteiger partial charge >= 0.3 is 0 Å². The first-order chi connectivity index (χ1) is 6.81. The molecule has 0 spiro atoms. The number of hydrogen-bond acceptors (Lipinski definition) is 2. The first-order valence-corrected chi connectivity index (χ1v) is 4.43. The van der Waals surface area contributed by atoms with E-state index < -0.39 is 0 Å². The van der Waals surface area contributed by atoms with E-state index in [2.05, 4.69) is 0 Å². The maximum absolute atomic E-state index is 11.3. The summed E-state index contributed by atoms with van der Waals surface area (Å²) < 4.78 is 5.04. The fourth-order valence-electron chi connectivity index (χ4n) is 1.43.